The van der Waals surface area contributed by atoms with Gasteiger partial charge < -0.3 is 5.73 Å². The maximum Gasteiger partial charge on any atom is 0.250 e. The number of nitrogens with zero attached hydrogens (tertiary/aromatic N) is 1. The van der Waals surface area contributed by atoms with Crippen LogP contribution < -0.4 is 10.5 Å². The summed E-state index contributed by atoms with van der Waals surface area (Å²) in [6, 6.07) is 2.03. The first-order valence-corrected chi connectivity index (χ1v) is 7.76. The first kappa shape index (κ1) is 14.1. The number of hydrogen-bond donors (Lipinski definition) is 2. The molecule has 1 aromatic heterocycles. The Morgan fingerprint density at radius 3 is 2.63 bits per heavy atom. The van der Waals surface area contributed by atoms with E-state index in [9.17, 15) is 18.0 Å². The molecule has 2 heterocycles. The summed E-state index contributed by atoms with van der Waals surface area (Å²) in [7, 11) is -2.47. The summed E-state index contributed by atoms with van der Waals surface area (Å²) in [6.07, 6.45) is -0.149. The van der Waals surface area contributed by atoms with Gasteiger partial charge in [0.1, 0.15) is 10.3 Å². The van der Waals surface area contributed by atoms with Crippen LogP contribution >= 0.6 is 11.3 Å². The van der Waals surface area contributed by atoms with Gasteiger partial charge in [-0.3, -0.25) is 14.5 Å². The lowest BCUT2D eigenvalue weighted by Crippen LogP contribution is -2.40. The monoisotopic (exact) mass is 303 g/mol. The number of imide groups is 1. The molecule has 0 radical (unpaired) electrons. The van der Waals surface area contributed by atoms with E-state index in [0.717, 1.165) is 21.1 Å². The first-order chi connectivity index (χ1) is 8.85. The molecule has 0 spiro atoms. The summed E-state index contributed by atoms with van der Waals surface area (Å²) in [5.41, 5.74) is 5.42. The number of amides is 2. The zero-order valence-electron chi connectivity index (χ0n) is 10.1. The molecule has 104 valence electrons. The van der Waals surface area contributed by atoms with Crippen LogP contribution in [0.1, 0.15) is 11.3 Å². The number of rotatable bonds is 4. The molecule has 1 aromatic rings. The van der Waals surface area contributed by atoms with Gasteiger partial charge in [0.25, 0.3) is 10.0 Å². The molecule has 1 aliphatic heterocycles. The molecular weight excluding hydrogens is 290 g/mol. The SMILES string of the molecule is CN1C(=O)CC(NS(=O)(=O)c2ccc(CN)s2)C1=O. The van der Waals surface area contributed by atoms with Gasteiger partial charge in [-0.1, -0.05) is 0 Å². The highest BCUT2D eigenvalue weighted by Gasteiger charge is 2.38. The minimum absolute atomic E-state index is 0.0859. The van der Waals surface area contributed by atoms with E-state index in [1.807, 2.05) is 0 Å². The predicted octanol–water partition coefficient (Wildman–Crippen LogP) is -0.758. The highest BCUT2D eigenvalue weighted by Crippen LogP contribution is 2.22. The summed E-state index contributed by atoms with van der Waals surface area (Å²) in [5.74, 6) is -0.935. The number of nitrogens with one attached hydrogen (secondary N) is 1. The van der Waals surface area contributed by atoms with Gasteiger partial charge in [-0.2, -0.15) is 4.72 Å². The van der Waals surface area contributed by atoms with Gasteiger partial charge in [0.15, 0.2) is 0 Å². The van der Waals surface area contributed by atoms with Crippen molar-refractivity contribution in [3.05, 3.63) is 17.0 Å². The molecule has 3 N–H and O–H groups in total. The minimum atomic E-state index is -3.80. The van der Waals surface area contributed by atoms with E-state index in [2.05, 4.69) is 4.72 Å². The summed E-state index contributed by atoms with van der Waals surface area (Å²) >= 11 is 1.04. The molecule has 7 nitrogen and oxygen atoms in total. The van der Waals surface area contributed by atoms with Gasteiger partial charge in [-0.15, -0.1) is 11.3 Å². The van der Waals surface area contributed by atoms with Gasteiger partial charge >= 0.3 is 0 Å². The van der Waals surface area contributed by atoms with Gasteiger partial charge in [-0.05, 0) is 12.1 Å². The fraction of sp³-hybridized carbons (Fsp3) is 0.400. The molecule has 1 saturated heterocycles. The highest BCUT2D eigenvalue weighted by molar-refractivity contribution is 7.91. The van der Waals surface area contributed by atoms with E-state index in [-0.39, 0.29) is 17.2 Å². The average Bonchev–Trinajstić information content (AvgIpc) is 2.92. The number of carbonyl (C=O) groups is 2. The van der Waals surface area contributed by atoms with Crippen LogP contribution in [-0.4, -0.2) is 38.2 Å². The first-order valence-electron chi connectivity index (χ1n) is 5.46. The number of thiophene rings is 1. The minimum Gasteiger partial charge on any atom is -0.326 e. The molecule has 19 heavy (non-hydrogen) atoms. The normalized spacial score (nSPS) is 20.3. The Kier molecular flexibility index (Phi) is 3.72. The molecule has 1 fully saturated rings. The van der Waals surface area contributed by atoms with E-state index in [0.29, 0.717) is 0 Å². The van der Waals surface area contributed by atoms with E-state index in [1.165, 1.54) is 13.1 Å². The molecule has 2 amide bonds. The van der Waals surface area contributed by atoms with Crippen molar-refractivity contribution in [3.63, 3.8) is 0 Å². The maximum atomic E-state index is 12.1. The molecule has 1 aliphatic rings. The predicted molar refractivity (Wildman–Crippen MR) is 68.7 cm³/mol. The Labute approximate surface area is 114 Å². The largest absolute Gasteiger partial charge is 0.326 e. The number of likely N-dealkylation sites (N-methyl/N-ethyl adjacent to an activating group) is 1. The Bertz CT molecular complexity index is 622. The topological polar surface area (TPSA) is 110 Å². The Morgan fingerprint density at radius 1 is 1.47 bits per heavy atom. The van der Waals surface area contributed by atoms with E-state index in [1.54, 1.807) is 6.07 Å². The molecule has 1 unspecified atom stereocenters. The quantitative estimate of drug-likeness (QED) is 0.711. The van der Waals surface area contributed by atoms with Crippen molar-refractivity contribution >= 4 is 33.2 Å². The highest BCUT2D eigenvalue weighted by atomic mass is 32.2. The van der Waals surface area contributed by atoms with E-state index >= 15 is 0 Å². The number of likely N-dealkylation sites (tertiary alicyclic amines) is 1. The third-order valence-electron chi connectivity index (χ3n) is 2.78. The summed E-state index contributed by atoms with van der Waals surface area (Å²) in [4.78, 5) is 24.6. The number of hydrogen-bond acceptors (Lipinski definition) is 6. The van der Waals surface area contributed by atoms with Crippen molar-refractivity contribution in [1.29, 1.82) is 0 Å². The molecule has 0 saturated carbocycles. The van der Waals surface area contributed by atoms with Crippen molar-refractivity contribution in [3.8, 4) is 0 Å². The lowest BCUT2D eigenvalue weighted by Gasteiger charge is -2.10. The Morgan fingerprint density at radius 2 is 2.16 bits per heavy atom. The van der Waals surface area contributed by atoms with Crippen LogP contribution in [0.2, 0.25) is 0 Å². The Hall–Kier alpha value is -1.29. The maximum absolute atomic E-state index is 12.1. The fourth-order valence-electron chi connectivity index (χ4n) is 1.71. The van der Waals surface area contributed by atoms with Crippen molar-refractivity contribution in [1.82, 2.24) is 9.62 Å². The van der Waals surface area contributed by atoms with Crippen molar-refractivity contribution in [2.45, 2.75) is 23.2 Å². The second kappa shape index (κ2) is 5.00. The molecular formula is C10H13N3O4S2. The Balaban J connectivity index is 2.18. The second-order valence-corrected chi connectivity index (χ2v) is 7.20. The molecule has 9 heteroatoms. The van der Waals surface area contributed by atoms with Crippen LogP contribution in [0.5, 0.6) is 0 Å². The van der Waals surface area contributed by atoms with Gasteiger partial charge in [-0.25, -0.2) is 8.42 Å². The molecule has 2 rings (SSSR count). The number of carbonyl (C=O) groups excluding carboxylic acids is 2. The van der Waals surface area contributed by atoms with Crippen molar-refractivity contribution in [2.75, 3.05) is 7.05 Å². The van der Waals surface area contributed by atoms with Crippen molar-refractivity contribution in [2.24, 2.45) is 5.73 Å². The van der Waals surface area contributed by atoms with Crippen LogP contribution in [0.4, 0.5) is 0 Å². The summed E-state index contributed by atoms with van der Waals surface area (Å²) in [6.45, 7) is 0.254. The van der Waals surface area contributed by atoms with Crippen LogP contribution in [-0.2, 0) is 26.2 Å². The van der Waals surface area contributed by atoms with Crippen molar-refractivity contribution < 1.29 is 18.0 Å². The molecule has 0 aliphatic carbocycles. The zero-order chi connectivity index (χ0) is 14.2. The van der Waals surface area contributed by atoms with Crippen LogP contribution in [0.15, 0.2) is 16.3 Å². The lowest BCUT2D eigenvalue weighted by molar-refractivity contribution is -0.137. The molecule has 0 bridgehead atoms. The zero-order valence-corrected chi connectivity index (χ0v) is 11.8. The third-order valence-corrected chi connectivity index (χ3v) is 5.85. The second-order valence-electron chi connectivity index (χ2n) is 4.09. The molecule has 1 atom stereocenters. The van der Waals surface area contributed by atoms with Gasteiger partial charge in [0, 0.05) is 18.5 Å². The third kappa shape index (κ3) is 2.68. The van der Waals surface area contributed by atoms with E-state index < -0.39 is 27.9 Å². The van der Waals surface area contributed by atoms with Gasteiger partial charge in [0.2, 0.25) is 11.8 Å². The number of nitrogens with two attached hydrogens (primary N) is 1. The average molecular weight is 303 g/mol. The van der Waals surface area contributed by atoms with Crippen LogP contribution in [0.25, 0.3) is 0 Å². The lowest BCUT2D eigenvalue weighted by atomic mass is 10.3. The van der Waals surface area contributed by atoms with Gasteiger partial charge in [0.05, 0.1) is 6.42 Å². The summed E-state index contributed by atoms with van der Waals surface area (Å²) < 4.78 is 26.4. The molecule has 0 aromatic carbocycles. The number of sulfonamides is 1. The van der Waals surface area contributed by atoms with E-state index in [4.69, 9.17) is 5.73 Å². The summed E-state index contributed by atoms with van der Waals surface area (Å²) in [5, 5.41) is 0. The fourth-order valence-corrected chi connectivity index (χ4v) is 4.15. The van der Waals surface area contributed by atoms with Crippen LogP contribution in [0, 0.1) is 0 Å². The standard InChI is InChI=1S/C10H13N3O4S2/c1-13-8(14)4-7(10(13)15)12-19(16,17)9-3-2-6(5-11)18-9/h2-3,7,12H,4-5,11H2,1H3. The smallest absolute Gasteiger partial charge is 0.250 e. The van der Waals surface area contributed by atoms with Crippen LogP contribution in [0.3, 0.4) is 0 Å².